The first-order valence-electron chi connectivity index (χ1n) is 7.84. The van der Waals surface area contributed by atoms with Gasteiger partial charge in [0.15, 0.2) is 0 Å². The minimum absolute atomic E-state index is 0.213. The van der Waals surface area contributed by atoms with Crippen LogP contribution in [0.1, 0.15) is 33.5 Å². The second kappa shape index (κ2) is 7.02. The molecule has 0 bridgehead atoms. The number of fused-ring (bicyclic) bond motifs is 1. The van der Waals surface area contributed by atoms with E-state index in [1.165, 1.54) is 29.0 Å². The Balaban J connectivity index is 1.90. The van der Waals surface area contributed by atoms with Gasteiger partial charge >= 0.3 is 5.97 Å². The van der Waals surface area contributed by atoms with Gasteiger partial charge in [0, 0.05) is 11.8 Å². The largest absolute Gasteiger partial charge is 0.465 e. The van der Waals surface area contributed by atoms with Crippen LogP contribution in [0.15, 0.2) is 29.1 Å². The number of anilines is 1. The Bertz CT molecular complexity index is 993. The summed E-state index contributed by atoms with van der Waals surface area (Å²) in [6, 6.07) is 6.95. The summed E-state index contributed by atoms with van der Waals surface area (Å²) in [6.45, 7) is 4.15. The molecular formula is C17H18N4O3S. The Kier molecular flexibility index (Phi) is 4.80. The van der Waals surface area contributed by atoms with Gasteiger partial charge in [0.2, 0.25) is 4.96 Å². The van der Waals surface area contributed by atoms with E-state index in [-0.39, 0.29) is 5.56 Å². The molecule has 0 saturated heterocycles. The van der Waals surface area contributed by atoms with E-state index in [1.54, 1.807) is 6.07 Å². The third kappa shape index (κ3) is 3.39. The number of benzene rings is 1. The lowest BCUT2D eigenvalue weighted by molar-refractivity contribution is 0.0601. The topological polar surface area (TPSA) is 85.6 Å². The van der Waals surface area contributed by atoms with Crippen LogP contribution in [0.5, 0.6) is 0 Å². The molecule has 0 saturated carbocycles. The fourth-order valence-electron chi connectivity index (χ4n) is 2.50. The molecule has 0 atom stereocenters. The van der Waals surface area contributed by atoms with Gasteiger partial charge in [-0.25, -0.2) is 9.78 Å². The van der Waals surface area contributed by atoms with Gasteiger partial charge in [-0.2, -0.15) is 9.61 Å². The fourth-order valence-corrected chi connectivity index (χ4v) is 3.36. The summed E-state index contributed by atoms with van der Waals surface area (Å²) in [6.07, 6.45) is 0.757. The molecule has 8 heteroatoms. The van der Waals surface area contributed by atoms with Gasteiger partial charge in [-0.3, -0.25) is 4.79 Å². The van der Waals surface area contributed by atoms with Crippen molar-refractivity contribution in [3.05, 3.63) is 56.4 Å². The van der Waals surface area contributed by atoms with E-state index in [0.717, 1.165) is 17.0 Å². The van der Waals surface area contributed by atoms with Gasteiger partial charge in [-0.05, 0) is 25.0 Å². The van der Waals surface area contributed by atoms with E-state index in [1.807, 2.05) is 26.0 Å². The maximum atomic E-state index is 12.2. The number of nitrogens with zero attached hydrogens (tertiary/aromatic N) is 3. The molecule has 130 valence electrons. The number of hydrogen-bond acceptors (Lipinski definition) is 7. The van der Waals surface area contributed by atoms with Crippen molar-refractivity contribution in [1.82, 2.24) is 14.6 Å². The third-order valence-corrected chi connectivity index (χ3v) is 4.82. The van der Waals surface area contributed by atoms with Crippen LogP contribution in [0.25, 0.3) is 4.96 Å². The van der Waals surface area contributed by atoms with E-state index in [2.05, 4.69) is 15.4 Å². The van der Waals surface area contributed by atoms with Gasteiger partial charge in [0.05, 0.1) is 24.9 Å². The molecule has 0 aliphatic heterocycles. The van der Waals surface area contributed by atoms with E-state index in [4.69, 9.17) is 4.74 Å². The summed E-state index contributed by atoms with van der Waals surface area (Å²) in [5.41, 5.74) is 2.32. The second-order valence-corrected chi connectivity index (χ2v) is 6.51. The monoisotopic (exact) mass is 358 g/mol. The van der Waals surface area contributed by atoms with Crippen molar-refractivity contribution < 1.29 is 9.53 Å². The SMILES string of the molecule is CCc1nn2c(=O)cc(CNc3cccc(C)c3C(=O)OC)nc2s1. The Labute approximate surface area is 148 Å². The lowest BCUT2D eigenvalue weighted by Gasteiger charge is -2.12. The number of nitrogens with one attached hydrogen (secondary N) is 1. The summed E-state index contributed by atoms with van der Waals surface area (Å²) in [7, 11) is 1.35. The molecule has 0 unspecified atom stereocenters. The highest BCUT2D eigenvalue weighted by Crippen LogP contribution is 2.21. The summed E-state index contributed by atoms with van der Waals surface area (Å²) in [4.78, 5) is 29.2. The number of rotatable bonds is 5. The maximum Gasteiger partial charge on any atom is 0.340 e. The van der Waals surface area contributed by atoms with Crippen molar-refractivity contribution >= 4 is 28.0 Å². The van der Waals surface area contributed by atoms with E-state index in [0.29, 0.717) is 28.5 Å². The minimum atomic E-state index is -0.404. The summed E-state index contributed by atoms with van der Waals surface area (Å²) >= 11 is 1.40. The van der Waals surface area contributed by atoms with Crippen molar-refractivity contribution in [2.45, 2.75) is 26.8 Å². The van der Waals surface area contributed by atoms with Crippen molar-refractivity contribution in [2.24, 2.45) is 0 Å². The van der Waals surface area contributed by atoms with E-state index < -0.39 is 5.97 Å². The fraction of sp³-hybridized carbons (Fsp3) is 0.294. The normalized spacial score (nSPS) is 10.8. The molecule has 7 nitrogen and oxygen atoms in total. The average Bonchev–Trinajstić information content (AvgIpc) is 3.03. The summed E-state index contributed by atoms with van der Waals surface area (Å²) < 4.78 is 6.17. The van der Waals surface area contributed by atoms with Gasteiger partial charge in [-0.15, -0.1) is 0 Å². The highest BCUT2D eigenvalue weighted by Gasteiger charge is 2.15. The molecule has 0 fully saturated rings. The first-order valence-corrected chi connectivity index (χ1v) is 8.65. The number of carbonyl (C=O) groups excluding carboxylic acids is 1. The van der Waals surface area contributed by atoms with Crippen LogP contribution in [-0.2, 0) is 17.7 Å². The zero-order valence-corrected chi connectivity index (χ0v) is 15.0. The van der Waals surface area contributed by atoms with Gasteiger partial charge in [0.1, 0.15) is 5.01 Å². The first kappa shape index (κ1) is 17.1. The highest BCUT2D eigenvalue weighted by molar-refractivity contribution is 7.16. The van der Waals surface area contributed by atoms with Gasteiger partial charge < -0.3 is 10.1 Å². The molecule has 0 aliphatic rings. The molecule has 0 aliphatic carbocycles. The number of aryl methyl sites for hydroxylation is 2. The van der Waals surface area contributed by atoms with Crippen LogP contribution in [0.4, 0.5) is 5.69 Å². The Hall–Kier alpha value is -2.74. The number of hydrogen-bond donors (Lipinski definition) is 1. The van der Waals surface area contributed by atoms with Gasteiger partial charge in [-0.1, -0.05) is 30.4 Å². The molecule has 1 N–H and O–H groups in total. The maximum absolute atomic E-state index is 12.2. The summed E-state index contributed by atoms with van der Waals surface area (Å²) in [5.74, 6) is -0.404. The number of esters is 1. The highest BCUT2D eigenvalue weighted by atomic mass is 32.1. The first-order chi connectivity index (χ1) is 12.0. The van der Waals surface area contributed by atoms with Gasteiger partial charge in [0.25, 0.3) is 5.56 Å². The molecule has 0 spiro atoms. The Morgan fingerprint density at radius 1 is 1.40 bits per heavy atom. The molecule has 2 heterocycles. The Morgan fingerprint density at radius 3 is 2.92 bits per heavy atom. The van der Waals surface area contributed by atoms with Crippen molar-refractivity contribution in [3.8, 4) is 0 Å². The smallest absolute Gasteiger partial charge is 0.340 e. The third-order valence-electron chi connectivity index (χ3n) is 3.76. The number of ether oxygens (including phenoxy) is 1. The summed E-state index contributed by atoms with van der Waals surface area (Å²) in [5, 5.41) is 8.26. The standard InChI is InChI=1S/C17H18N4O3S/c1-4-13-20-21-14(22)8-11(19-17(21)25-13)9-18-12-7-5-6-10(2)15(12)16(23)24-3/h5-8,18H,4,9H2,1-3H3. The molecule has 0 radical (unpaired) electrons. The molecule has 0 amide bonds. The lowest BCUT2D eigenvalue weighted by atomic mass is 10.1. The molecule has 2 aromatic heterocycles. The molecule has 3 rings (SSSR count). The number of methoxy groups -OCH3 is 1. The van der Waals surface area contributed by atoms with Crippen LogP contribution in [-0.4, -0.2) is 27.7 Å². The number of carbonyl (C=O) groups is 1. The van der Waals surface area contributed by atoms with Crippen LogP contribution in [0.2, 0.25) is 0 Å². The molecular weight excluding hydrogens is 340 g/mol. The zero-order valence-electron chi connectivity index (χ0n) is 14.2. The van der Waals surface area contributed by atoms with Crippen molar-refractivity contribution in [3.63, 3.8) is 0 Å². The van der Waals surface area contributed by atoms with Crippen molar-refractivity contribution in [2.75, 3.05) is 12.4 Å². The zero-order chi connectivity index (χ0) is 18.0. The number of aromatic nitrogens is 3. The molecule has 3 aromatic rings. The molecule has 25 heavy (non-hydrogen) atoms. The quantitative estimate of drug-likeness (QED) is 0.705. The predicted molar refractivity (Wildman–Crippen MR) is 96.4 cm³/mol. The van der Waals surface area contributed by atoms with Crippen molar-refractivity contribution in [1.29, 1.82) is 0 Å². The minimum Gasteiger partial charge on any atom is -0.465 e. The van der Waals surface area contributed by atoms with E-state index >= 15 is 0 Å². The van der Waals surface area contributed by atoms with Crippen LogP contribution >= 0.6 is 11.3 Å². The van der Waals surface area contributed by atoms with Crippen LogP contribution in [0, 0.1) is 6.92 Å². The molecule has 1 aromatic carbocycles. The van der Waals surface area contributed by atoms with Crippen LogP contribution in [0.3, 0.4) is 0 Å². The van der Waals surface area contributed by atoms with E-state index in [9.17, 15) is 9.59 Å². The second-order valence-electron chi connectivity index (χ2n) is 5.47. The Morgan fingerprint density at radius 2 is 2.20 bits per heavy atom. The lowest BCUT2D eigenvalue weighted by Crippen LogP contribution is -2.17. The average molecular weight is 358 g/mol. The van der Waals surface area contributed by atoms with Crippen LogP contribution < -0.4 is 10.9 Å². The predicted octanol–water partition coefficient (Wildman–Crippen LogP) is 2.42.